The van der Waals surface area contributed by atoms with E-state index in [1.54, 1.807) is 18.2 Å². The number of nitrogens with one attached hydrogen (secondary N) is 1. The SMILES string of the molecule is Cc1c(C(=O)N(C)Cc2ccc(Cl)cc2F)[nH]c(C(N)=O)c1S(=O)(=O)c1ccccc1. The van der Waals surface area contributed by atoms with E-state index in [1.807, 2.05) is 0 Å². The fourth-order valence-electron chi connectivity index (χ4n) is 3.19. The number of benzene rings is 2. The molecule has 0 atom stereocenters. The molecule has 1 aromatic heterocycles. The highest BCUT2D eigenvalue weighted by Crippen LogP contribution is 2.30. The topological polar surface area (TPSA) is 113 Å². The Bertz CT molecular complexity index is 1270. The Morgan fingerprint density at radius 2 is 1.77 bits per heavy atom. The molecule has 10 heteroatoms. The second-order valence-corrected chi connectivity index (χ2v) is 9.23. The molecule has 0 aliphatic heterocycles. The van der Waals surface area contributed by atoms with Gasteiger partial charge in [0.1, 0.15) is 22.1 Å². The molecule has 0 saturated carbocycles. The number of nitrogens with two attached hydrogens (primary N) is 1. The van der Waals surface area contributed by atoms with Crippen molar-refractivity contribution in [2.75, 3.05) is 7.05 Å². The van der Waals surface area contributed by atoms with Gasteiger partial charge >= 0.3 is 0 Å². The van der Waals surface area contributed by atoms with Gasteiger partial charge in [0.05, 0.1) is 4.90 Å². The molecule has 0 saturated heterocycles. The van der Waals surface area contributed by atoms with Crippen molar-refractivity contribution in [3.8, 4) is 0 Å². The molecule has 2 aromatic carbocycles. The average molecular weight is 464 g/mol. The van der Waals surface area contributed by atoms with Gasteiger partial charge in [-0.3, -0.25) is 9.59 Å². The maximum atomic E-state index is 14.1. The summed E-state index contributed by atoms with van der Waals surface area (Å²) in [4.78, 5) is 28.3. The van der Waals surface area contributed by atoms with Crippen LogP contribution in [0, 0.1) is 12.7 Å². The molecular formula is C21H19ClFN3O4S. The highest BCUT2D eigenvalue weighted by Gasteiger charge is 2.32. The molecule has 3 rings (SSSR count). The third-order valence-electron chi connectivity index (χ3n) is 4.74. The van der Waals surface area contributed by atoms with Gasteiger partial charge in [-0.05, 0) is 36.8 Å². The molecule has 7 nitrogen and oxygen atoms in total. The molecule has 0 aliphatic rings. The maximum absolute atomic E-state index is 14.1. The van der Waals surface area contributed by atoms with Gasteiger partial charge in [0, 0.05) is 24.2 Å². The van der Waals surface area contributed by atoms with Crippen LogP contribution in [0.4, 0.5) is 4.39 Å². The molecule has 1 heterocycles. The first-order valence-corrected chi connectivity index (χ1v) is 10.9. The largest absolute Gasteiger partial charge is 0.364 e. The second kappa shape index (κ2) is 8.52. The van der Waals surface area contributed by atoms with Crippen molar-refractivity contribution in [3.05, 3.63) is 81.9 Å². The zero-order valence-corrected chi connectivity index (χ0v) is 18.2. The number of carbonyl (C=O) groups is 2. The predicted octanol–water partition coefficient (Wildman–Crippen LogP) is 3.32. The van der Waals surface area contributed by atoms with E-state index in [1.165, 1.54) is 43.1 Å². The molecule has 3 N–H and O–H groups in total. The summed E-state index contributed by atoms with van der Waals surface area (Å²) >= 11 is 5.75. The van der Waals surface area contributed by atoms with Crippen molar-refractivity contribution >= 4 is 33.3 Å². The Kier molecular flexibility index (Phi) is 6.19. The number of nitrogens with zero attached hydrogens (tertiary/aromatic N) is 1. The van der Waals surface area contributed by atoms with Crippen molar-refractivity contribution in [2.24, 2.45) is 5.73 Å². The van der Waals surface area contributed by atoms with Gasteiger partial charge in [-0.2, -0.15) is 0 Å². The summed E-state index contributed by atoms with van der Waals surface area (Å²) in [6, 6.07) is 11.6. The number of hydrogen-bond acceptors (Lipinski definition) is 4. The quantitative estimate of drug-likeness (QED) is 0.583. The first-order valence-electron chi connectivity index (χ1n) is 9.06. The smallest absolute Gasteiger partial charge is 0.270 e. The van der Waals surface area contributed by atoms with E-state index in [-0.39, 0.29) is 38.2 Å². The Labute approximate surface area is 183 Å². The monoisotopic (exact) mass is 463 g/mol. The van der Waals surface area contributed by atoms with Crippen LogP contribution in [-0.2, 0) is 16.4 Å². The number of carbonyl (C=O) groups excluding carboxylic acids is 2. The minimum absolute atomic E-state index is 0.0461. The molecule has 0 unspecified atom stereocenters. The molecule has 0 fully saturated rings. The fraction of sp³-hybridized carbons (Fsp3) is 0.143. The van der Waals surface area contributed by atoms with E-state index in [9.17, 15) is 22.4 Å². The summed E-state index contributed by atoms with van der Waals surface area (Å²) in [7, 11) is -2.71. The highest BCUT2D eigenvalue weighted by molar-refractivity contribution is 7.91. The van der Waals surface area contributed by atoms with Crippen molar-refractivity contribution in [1.82, 2.24) is 9.88 Å². The maximum Gasteiger partial charge on any atom is 0.270 e. The zero-order valence-electron chi connectivity index (χ0n) is 16.6. The van der Waals surface area contributed by atoms with E-state index >= 15 is 0 Å². The summed E-state index contributed by atoms with van der Waals surface area (Å²) in [5.74, 6) is -2.24. The van der Waals surface area contributed by atoms with Crippen LogP contribution in [0.15, 0.2) is 58.3 Å². The van der Waals surface area contributed by atoms with Crippen LogP contribution in [0.25, 0.3) is 0 Å². The van der Waals surface area contributed by atoms with E-state index in [4.69, 9.17) is 17.3 Å². The molecular weight excluding hydrogens is 445 g/mol. The Morgan fingerprint density at radius 3 is 2.35 bits per heavy atom. The average Bonchev–Trinajstić information content (AvgIpc) is 3.08. The third kappa shape index (κ3) is 4.33. The van der Waals surface area contributed by atoms with E-state index in [0.717, 1.165) is 6.07 Å². The van der Waals surface area contributed by atoms with Crippen molar-refractivity contribution in [1.29, 1.82) is 0 Å². The lowest BCUT2D eigenvalue weighted by atomic mass is 10.2. The van der Waals surface area contributed by atoms with E-state index < -0.39 is 33.2 Å². The van der Waals surface area contributed by atoms with Crippen molar-refractivity contribution < 1.29 is 22.4 Å². The van der Waals surface area contributed by atoms with Crippen molar-refractivity contribution in [2.45, 2.75) is 23.3 Å². The van der Waals surface area contributed by atoms with Gasteiger partial charge in [-0.25, -0.2) is 12.8 Å². The second-order valence-electron chi connectivity index (χ2n) is 6.91. The molecule has 2 amide bonds. The summed E-state index contributed by atoms with van der Waals surface area (Å²) in [5, 5.41) is 0.220. The standard InChI is InChI=1S/C21H19ClFN3O4S/c1-12-17(21(28)26(2)11-13-8-9-14(22)10-16(13)23)25-18(20(24)27)19(12)31(29,30)15-6-4-3-5-7-15/h3-10,25H,11H2,1-2H3,(H2,24,27). The first kappa shape index (κ1) is 22.5. The molecule has 162 valence electrons. The summed E-state index contributed by atoms with van der Waals surface area (Å²) < 4.78 is 40.4. The van der Waals surface area contributed by atoms with Crippen LogP contribution in [-0.4, -0.2) is 37.2 Å². The number of aromatic nitrogens is 1. The summed E-state index contributed by atoms with van der Waals surface area (Å²) in [5.41, 5.74) is 5.13. The van der Waals surface area contributed by atoms with Crippen LogP contribution < -0.4 is 5.73 Å². The molecule has 0 aliphatic carbocycles. The van der Waals surface area contributed by atoms with Crippen LogP contribution in [0.3, 0.4) is 0 Å². The lowest BCUT2D eigenvalue weighted by Gasteiger charge is -2.17. The van der Waals surface area contributed by atoms with Gasteiger partial charge in [0.15, 0.2) is 0 Å². The Morgan fingerprint density at radius 1 is 1.13 bits per heavy atom. The van der Waals surface area contributed by atoms with Gasteiger partial charge in [0.2, 0.25) is 9.84 Å². The molecule has 0 bridgehead atoms. The number of sulfone groups is 1. The Balaban J connectivity index is 2.03. The van der Waals surface area contributed by atoms with Crippen LogP contribution in [0.2, 0.25) is 5.02 Å². The molecule has 3 aromatic rings. The van der Waals surface area contributed by atoms with E-state index in [2.05, 4.69) is 4.98 Å². The van der Waals surface area contributed by atoms with Crippen molar-refractivity contribution in [3.63, 3.8) is 0 Å². The number of primary amides is 1. The highest BCUT2D eigenvalue weighted by atomic mass is 35.5. The molecule has 0 spiro atoms. The first-order chi connectivity index (χ1) is 14.5. The van der Waals surface area contributed by atoms with Gasteiger partial charge in [-0.15, -0.1) is 0 Å². The number of H-pyrrole nitrogens is 1. The van der Waals surface area contributed by atoms with Gasteiger partial charge in [-0.1, -0.05) is 35.9 Å². The van der Waals surface area contributed by atoms with Gasteiger partial charge < -0.3 is 15.6 Å². The fourth-order valence-corrected chi connectivity index (χ4v) is 5.02. The number of hydrogen-bond donors (Lipinski definition) is 2. The summed E-state index contributed by atoms with van der Waals surface area (Å²) in [6.45, 7) is 1.30. The minimum Gasteiger partial charge on any atom is -0.364 e. The lowest BCUT2D eigenvalue weighted by Crippen LogP contribution is -2.27. The Hall–Kier alpha value is -3.17. The van der Waals surface area contributed by atoms with E-state index in [0.29, 0.717) is 0 Å². The third-order valence-corrected chi connectivity index (χ3v) is 6.92. The normalized spacial score (nSPS) is 11.4. The predicted molar refractivity (Wildman–Crippen MR) is 113 cm³/mol. The van der Waals surface area contributed by atoms with Crippen LogP contribution in [0.5, 0.6) is 0 Å². The number of halogens is 2. The molecule has 0 radical (unpaired) electrons. The lowest BCUT2D eigenvalue weighted by molar-refractivity contribution is 0.0778. The van der Waals surface area contributed by atoms with Gasteiger partial charge in [0.25, 0.3) is 11.8 Å². The number of aromatic amines is 1. The van der Waals surface area contributed by atoms with Crippen LogP contribution >= 0.6 is 11.6 Å². The minimum atomic E-state index is -4.13. The van der Waals surface area contributed by atoms with Crippen LogP contribution in [0.1, 0.15) is 32.1 Å². The molecule has 31 heavy (non-hydrogen) atoms. The number of amides is 2. The number of rotatable bonds is 6. The summed E-state index contributed by atoms with van der Waals surface area (Å²) in [6.07, 6.45) is 0. The zero-order chi connectivity index (χ0) is 22.9.